The Labute approximate surface area is 140 Å². The van der Waals surface area contributed by atoms with Gasteiger partial charge in [-0.05, 0) is 44.5 Å². The summed E-state index contributed by atoms with van der Waals surface area (Å²) in [5.41, 5.74) is 3.26. The molecule has 3 aromatic heterocycles. The topological polar surface area (TPSA) is 66.3 Å². The van der Waals surface area contributed by atoms with E-state index in [1.807, 2.05) is 0 Å². The summed E-state index contributed by atoms with van der Waals surface area (Å²) in [6.45, 7) is 4.95. The van der Waals surface area contributed by atoms with Crippen molar-refractivity contribution < 1.29 is 0 Å². The third-order valence-corrected chi connectivity index (χ3v) is 4.70. The van der Waals surface area contributed by atoms with Gasteiger partial charge in [0.2, 0.25) is 0 Å². The van der Waals surface area contributed by atoms with E-state index in [1.165, 1.54) is 11.6 Å². The maximum Gasteiger partial charge on any atom is 0.250 e. The van der Waals surface area contributed by atoms with Crippen LogP contribution in [0, 0.1) is 6.92 Å². The van der Waals surface area contributed by atoms with E-state index in [0.29, 0.717) is 5.92 Å². The highest BCUT2D eigenvalue weighted by Gasteiger charge is 2.22. The van der Waals surface area contributed by atoms with Crippen LogP contribution in [0.15, 0.2) is 41.6 Å². The molecule has 3 aromatic rings. The Morgan fingerprint density at radius 3 is 2.83 bits per heavy atom. The molecule has 6 nitrogen and oxygen atoms in total. The minimum Gasteiger partial charge on any atom is -0.310 e. The molecule has 0 amide bonds. The number of hydrogen-bond acceptors (Lipinski definition) is 4. The summed E-state index contributed by atoms with van der Waals surface area (Å²) in [6, 6.07) is 5.61. The molecule has 0 unspecified atom stereocenters. The lowest BCUT2D eigenvalue weighted by Gasteiger charge is -2.30. The van der Waals surface area contributed by atoms with Gasteiger partial charge in [-0.15, -0.1) is 0 Å². The number of nitrogens with one attached hydrogen (secondary N) is 1. The van der Waals surface area contributed by atoms with Crippen LogP contribution in [0.3, 0.4) is 0 Å². The molecule has 1 saturated heterocycles. The standard InChI is InChI=1S/C18H21N5O/c1-13-2-3-16-20-15(12-23(16)10-13)11-22-8-5-14(6-9-22)18-19-7-4-17(24)21-18/h2-4,7,10,12,14H,5-6,8-9,11H2,1H3,(H,19,21,24). The van der Waals surface area contributed by atoms with E-state index in [9.17, 15) is 4.79 Å². The van der Waals surface area contributed by atoms with Crippen LogP contribution in [0.4, 0.5) is 0 Å². The maximum absolute atomic E-state index is 11.4. The van der Waals surface area contributed by atoms with Gasteiger partial charge in [-0.3, -0.25) is 9.69 Å². The van der Waals surface area contributed by atoms with Crippen molar-refractivity contribution in [2.45, 2.75) is 32.2 Å². The highest BCUT2D eigenvalue weighted by molar-refractivity contribution is 5.41. The van der Waals surface area contributed by atoms with Crippen LogP contribution in [-0.2, 0) is 6.54 Å². The van der Waals surface area contributed by atoms with Gasteiger partial charge in [0.15, 0.2) is 0 Å². The van der Waals surface area contributed by atoms with Crippen LogP contribution >= 0.6 is 0 Å². The highest BCUT2D eigenvalue weighted by atomic mass is 16.1. The van der Waals surface area contributed by atoms with E-state index in [2.05, 4.69) is 50.7 Å². The van der Waals surface area contributed by atoms with Crippen molar-refractivity contribution in [1.29, 1.82) is 0 Å². The Balaban J connectivity index is 1.41. The second-order valence-corrected chi connectivity index (χ2v) is 6.57. The maximum atomic E-state index is 11.4. The lowest BCUT2D eigenvalue weighted by molar-refractivity contribution is 0.200. The monoisotopic (exact) mass is 323 g/mol. The van der Waals surface area contributed by atoms with Crippen LogP contribution in [0.5, 0.6) is 0 Å². The quantitative estimate of drug-likeness (QED) is 0.802. The van der Waals surface area contributed by atoms with Crippen LogP contribution in [0.1, 0.15) is 35.8 Å². The van der Waals surface area contributed by atoms with Gasteiger partial charge in [-0.2, -0.15) is 0 Å². The molecule has 0 aromatic carbocycles. The number of aromatic nitrogens is 4. The highest BCUT2D eigenvalue weighted by Crippen LogP contribution is 2.25. The van der Waals surface area contributed by atoms with Crippen molar-refractivity contribution in [3.05, 3.63) is 64.2 Å². The molecule has 1 aliphatic rings. The van der Waals surface area contributed by atoms with E-state index in [-0.39, 0.29) is 5.56 Å². The van der Waals surface area contributed by atoms with E-state index in [0.717, 1.165) is 49.6 Å². The number of nitrogens with zero attached hydrogens (tertiary/aromatic N) is 4. The molecule has 0 saturated carbocycles. The molecule has 1 N–H and O–H groups in total. The van der Waals surface area contributed by atoms with Gasteiger partial charge in [0.1, 0.15) is 11.5 Å². The smallest absolute Gasteiger partial charge is 0.250 e. The number of hydrogen-bond donors (Lipinski definition) is 1. The van der Waals surface area contributed by atoms with Gasteiger partial charge in [0.05, 0.1) is 5.69 Å². The normalized spacial score (nSPS) is 16.7. The van der Waals surface area contributed by atoms with Gasteiger partial charge in [-0.1, -0.05) is 6.07 Å². The third kappa shape index (κ3) is 3.10. The molecule has 0 radical (unpaired) electrons. The molecule has 0 bridgehead atoms. The molecule has 4 rings (SSSR count). The Morgan fingerprint density at radius 1 is 1.21 bits per heavy atom. The van der Waals surface area contributed by atoms with Crippen molar-refractivity contribution in [2.24, 2.45) is 0 Å². The minimum atomic E-state index is -0.0672. The third-order valence-electron chi connectivity index (χ3n) is 4.70. The lowest BCUT2D eigenvalue weighted by Crippen LogP contribution is -2.33. The molecular formula is C18H21N5O. The number of aryl methyl sites for hydroxylation is 1. The molecule has 124 valence electrons. The second-order valence-electron chi connectivity index (χ2n) is 6.57. The van der Waals surface area contributed by atoms with E-state index in [4.69, 9.17) is 4.98 Å². The second kappa shape index (κ2) is 6.20. The summed E-state index contributed by atoms with van der Waals surface area (Å²) in [7, 11) is 0. The first-order valence-corrected chi connectivity index (χ1v) is 8.39. The fourth-order valence-electron chi connectivity index (χ4n) is 3.42. The Hall–Kier alpha value is -2.47. The summed E-state index contributed by atoms with van der Waals surface area (Å²) < 4.78 is 2.09. The van der Waals surface area contributed by atoms with Crippen LogP contribution in [0.25, 0.3) is 5.65 Å². The number of piperidine rings is 1. The van der Waals surface area contributed by atoms with Crippen LogP contribution in [0.2, 0.25) is 0 Å². The number of aromatic amines is 1. The predicted octanol–water partition coefficient (Wildman–Crippen LogP) is 2.11. The van der Waals surface area contributed by atoms with Crippen molar-refractivity contribution in [1.82, 2.24) is 24.3 Å². The zero-order valence-corrected chi connectivity index (χ0v) is 13.8. The summed E-state index contributed by atoms with van der Waals surface area (Å²) in [6.07, 6.45) is 7.85. The summed E-state index contributed by atoms with van der Waals surface area (Å²) in [5.74, 6) is 1.17. The molecule has 24 heavy (non-hydrogen) atoms. The Kier molecular flexibility index (Phi) is 3.90. The van der Waals surface area contributed by atoms with Gasteiger partial charge in [0.25, 0.3) is 5.56 Å². The molecule has 0 aliphatic carbocycles. The molecule has 0 spiro atoms. The number of rotatable bonds is 3. The number of fused-ring (bicyclic) bond motifs is 1. The fraction of sp³-hybridized carbons (Fsp3) is 0.389. The van der Waals surface area contributed by atoms with Gasteiger partial charge in [0, 0.05) is 37.1 Å². The fourth-order valence-corrected chi connectivity index (χ4v) is 3.42. The van der Waals surface area contributed by atoms with Crippen molar-refractivity contribution in [3.63, 3.8) is 0 Å². The molecule has 1 fully saturated rings. The first-order valence-electron chi connectivity index (χ1n) is 8.39. The number of imidazole rings is 1. The van der Waals surface area contributed by atoms with E-state index in [1.54, 1.807) is 6.20 Å². The van der Waals surface area contributed by atoms with Crippen molar-refractivity contribution in [3.8, 4) is 0 Å². The van der Waals surface area contributed by atoms with Gasteiger partial charge >= 0.3 is 0 Å². The average molecular weight is 323 g/mol. The SMILES string of the molecule is Cc1ccc2nc(CN3CCC(c4nccc(=O)[nH]4)CC3)cn2c1. The van der Waals surface area contributed by atoms with E-state index >= 15 is 0 Å². The first-order chi connectivity index (χ1) is 11.7. The van der Waals surface area contributed by atoms with Crippen molar-refractivity contribution >= 4 is 5.65 Å². The molecule has 4 heterocycles. The number of likely N-dealkylation sites (tertiary alicyclic amines) is 1. The Bertz CT molecular complexity index is 905. The zero-order chi connectivity index (χ0) is 16.5. The molecule has 1 aliphatic heterocycles. The Morgan fingerprint density at radius 2 is 2.04 bits per heavy atom. The predicted molar refractivity (Wildman–Crippen MR) is 92.0 cm³/mol. The van der Waals surface area contributed by atoms with E-state index < -0.39 is 0 Å². The number of H-pyrrole nitrogens is 1. The lowest BCUT2D eigenvalue weighted by atomic mass is 9.96. The number of pyridine rings is 1. The van der Waals surface area contributed by atoms with Gasteiger partial charge < -0.3 is 9.38 Å². The molecular weight excluding hydrogens is 302 g/mol. The van der Waals surface area contributed by atoms with Crippen LogP contribution in [-0.4, -0.2) is 37.3 Å². The van der Waals surface area contributed by atoms with Gasteiger partial charge in [-0.25, -0.2) is 9.97 Å². The zero-order valence-electron chi connectivity index (χ0n) is 13.8. The summed E-state index contributed by atoms with van der Waals surface area (Å²) >= 11 is 0. The first kappa shape index (κ1) is 15.1. The average Bonchev–Trinajstić information content (AvgIpc) is 2.97. The molecule has 6 heteroatoms. The minimum absolute atomic E-state index is 0.0672. The molecule has 0 atom stereocenters. The largest absolute Gasteiger partial charge is 0.310 e. The summed E-state index contributed by atoms with van der Waals surface area (Å²) in [5, 5.41) is 0. The van der Waals surface area contributed by atoms with Crippen molar-refractivity contribution in [2.75, 3.05) is 13.1 Å². The summed E-state index contributed by atoms with van der Waals surface area (Å²) in [4.78, 5) is 25.7. The van der Waals surface area contributed by atoms with Crippen LogP contribution < -0.4 is 5.56 Å².